The highest BCUT2D eigenvalue weighted by Gasteiger charge is 2.18. The minimum atomic E-state index is -0.0336. The Morgan fingerprint density at radius 2 is 1.28 bits per heavy atom. The van der Waals surface area contributed by atoms with Gasteiger partial charge in [-0.05, 0) is 46.8 Å². The Morgan fingerprint density at radius 1 is 0.553 bits per heavy atom. The minimum Gasteiger partial charge on any atom is -0.455 e. The van der Waals surface area contributed by atoms with Gasteiger partial charge in [0, 0.05) is 46.9 Å². The molecule has 3 heterocycles. The van der Waals surface area contributed by atoms with Crippen LogP contribution in [0.3, 0.4) is 0 Å². The lowest BCUT2D eigenvalue weighted by Gasteiger charge is -2.11. The molecule has 0 amide bonds. The first kappa shape index (κ1) is 27.1. The van der Waals surface area contributed by atoms with Crippen LogP contribution in [-0.4, -0.2) is 19.1 Å². The summed E-state index contributed by atoms with van der Waals surface area (Å²) in [5.74, 6) is 0.660. The molecule has 0 bridgehead atoms. The van der Waals surface area contributed by atoms with Crippen LogP contribution in [0.5, 0.6) is 0 Å². The molecule has 0 N–H and O–H groups in total. The molecule has 0 aliphatic heterocycles. The monoisotopic (exact) mass is 608 g/mol. The van der Waals surface area contributed by atoms with E-state index in [0.29, 0.717) is 5.82 Å². The Hall–Kier alpha value is -6.27. The van der Waals surface area contributed by atoms with Gasteiger partial charge in [-0.15, -0.1) is 0 Å². The van der Waals surface area contributed by atoms with E-state index in [-0.39, 0.29) is 5.69 Å². The lowest BCUT2D eigenvalue weighted by atomic mass is 9.99. The summed E-state index contributed by atoms with van der Waals surface area (Å²) in [6.45, 7) is 0. The van der Waals surface area contributed by atoms with E-state index in [1.807, 2.05) is 67.7 Å². The number of furan rings is 1. The van der Waals surface area contributed by atoms with Crippen LogP contribution in [0.25, 0.3) is 88.8 Å². The number of hydrogen-bond acceptors (Lipinski definition) is 4. The maximum atomic E-state index is 12.5. The van der Waals surface area contributed by atoms with E-state index >= 15 is 0 Å². The van der Waals surface area contributed by atoms with Crippen molar-refractivity contribution in [3.63, 3.8) is 0 Å². The van der Waals surface area contributed by atoms with E-state index in [2.05, 4.69) is 72.8 Å². The van der Waals surface area contributed by atoms with Gasteiger partial charge in [0.05, 0.1) is 22.4 Å². The zero-order chi connectivity index (χ0) is 31.6. The van der Waals surface area contributed by atoms with Gasteiger partial charge in [-0.25, -0.2) is 14.8 Å². The van der Waals surface area contributed by atoms with Crippen LogP contribution in [0.2, 0.25) is 0 Å². The van der Waals surface area contributed by atoms with Gasteiger partial charge in [0.1, 0.15) is 11.2 Å². The molecule has 47 heavy (non-hydrogen) atoms. The Labute approximate surface area is 269 Å². The summed E-state index contributed by atoms with van der Waals surface area (Å²) >= 11 is 0. The summed E-state index contributed by atoms with van der Waals surface area (Å²) < 4.78 is 9.85. The van der Waals surface area contributed by atoms with Crippen molar-refractivity contribution in [1.29, 1.82) is 0 Å². The highest BCUT2D eigenvalue weighted by molar-refractivity contribution is 6.18. The Kier molecular flexibility index (Phi) is 5.99. The molecule has 9 aromatic rings. The van der Waals surface area contributed by atoms with Crippen molar-refractivity contribution >= 4 is 43.7 Å². The molecular formula is C41H28N4O2. The van der Waals surface area contributed by atoms with E-state index in [1.165, 1.54) is 0 Å². The molecule has 224 valence electrons. The van der Waals surface area contributed by atoms with Gasteiger partial charge in [0.2, 0.25) is 0 Å². The number of hydrogen-bond donors (Lipinski definition) is 0. The van der Waals surface area contributed by atoms with Crippen LogP contribution in [-0.2, 0) is 14.1 Å². The summed E-state index contributed by atoms with van der Waals surface area (Å²) in [4.78, 5) is 22.7. The van der Waals surface area contributed by atoms with Crippen LogP contribution in [0.1, 0.15) is 0 Å². The normalized spacial score (nSPS) is 11.7. The van der Waals surface area contributed by atoms with Crippen LogP contribution < -0.4 is 5.69 Å². The van der Waals surface area contributed by atoms with E-state index in [1.54, 1.807) is 16.2 Å². The maximum Gasteiger partial charge on any atom is 0.328 e. The Bertz CT molecular complexity index is 2720. The lowest BCUT2D eigenvalue weighted by molar-refractivity contribution is 0.673. The zero-order valence-corrected chi connectivity index (χ0v) is 25.8. The highest BCUT2D eigenvalue weighted by Crippen LogP contribution is 2.40. The average Bonchev–Trinajstić information content (AvgIpc) is 3.62. The number of benzene rings is 6. The molecule has 0 saturated heterocycles. The fourth-order valence-electron chi connectivity index (χ4n) is 6.74. The van der Waals surface area contributed by atoms with Gasteiger partial charge in [0.25, 0.3) is 0 Å². The number of nitrogens with zero attached hydrogens (tertiary/aromatic N) is 4. The van der Waals surface area contributed by atoms with Gasteiger partial charge >= 0.3 is 5.69 Å². The van der Waals surface area contributed by atoms with Gasteiger partial charge in [-0.2, -0.15) is 0 Å². The van der Waals surface area contributed by atoms with Crippen LogP contribution in [0.4, 0.5) is 0 Å². The van der Waals surface area contributed by atoms with Crippen molar-refractivity contribution in [3.05, 3.63) is 144 Å². The molecule has 6 nitrogen and oxygen atoms in total. The fourth-order valence-corrected chi connectivity index (χ4v) is 6.74. The van der Waals surface area contributed by atoms with Gasteiger partial charge in [-0.1, -0.05) is 103 Å². The molecule has 0 unspecified atom stereocenters. The van der Waals surface area contributed by atoms with Crippen molar-refractivity contribution in [3.8, 4) is 45.0 Å². The van der Waals surface area contributed by atoms with Crippen molar-refractivity contribution in [2.45, 2.75) is 0 Å². The number of rotatable bonds is 4. The predicted octanol–water partition coefficient (Wildman–Crippen LogP) is 9.39. The third-order valence-corrected chi connectivity index (χ3v) is 9.21. The number of imidazole rings is 1. The maximum absolute atomic E-state index is 12.5. The standard InChI is InChI=1S/C41H28N4O2/c1-44-35-22-20-29(23-36(35)45(2)41(44)46)25-15-17-27(18-16-25)33-24-34(43-40(42-33)28-10-4-3-5-11-28)31-13-8-14-37-38(31)32-21-19-26-9-6-7-12-30(26)39(32)47-37/h3-24H,1-2H3. The molecule has 0 radical (unpaired) electrons. The van der Waals surface area contributed by atoms with E-state index < -0.39 is 0 Å². The third-order valence-electron chi connectivity index (χ3n) is 9.21. The SMILES string of the molecule is Cn1c(=O)n(C)c2cc(-c3ccc(-c4cc(-c5cccc6oc7c8ccccc8ccc7c56)nc(-c5ccccc5)n4)cc3)ccc21. The second-order valence-electron chi connectivity index (χ2n) is 12.0. The van der Waals surface area contributed by atoms with E-state index in [4.69, 9.17) is 14.4 Å². The summed E-state index contributed by atoms with van der Waals surface area (Å²) in [5.41, 5.74) is 10.2. The topological polar surface area (TPSA) is 65.8 Å². The molecule has 0 aliphatic carbocycles. The molecule has 6 heteroatoms. The lowest BCUT2D eigenvalue weighted by Crippen LogP contribution is -2.19. The number of fused-ring (bicyclic) bond motifs is 6. The molecule has 6 aromatic carbocycles. The molecule has 0 atom stereocenters. The van der Waals surface area contributed by atoms with Crippen molar-refractivity contribution in [2.24, 2.45) is 14.1 Å². The molecule has 0 spiro atoms. The minimum absolute atomic E-state index is 0.0336. The molecule has 9 rings (SSSR count). The first-order valence-electron chi connectivity index (χ1n) is 15.6. The largest absolute Gasteiger partial charge is 0.455 e. The van der Waals surface area contributed by atoms with Crippen molar-refractivity contribution in [1.82, 2.24) is 19.1 Å². The highest BCUT2D eigenvalue weighted by atomic mass is 16.3. The van der Waals surface area contributed by atoms with E-state index in [9.17, 15) is 4.79 Å². The van der Waals surface area contributed by atoms with Crippen LogP contribution in [0.15, 0.2) is 143 Å². The Balaban J connectivity index is 1.20. The third kappa shape index (κ3) is 4.30. The predicted molar refractivity (Wildman–Crippen MR) is 190 cm³/mol. The summed E-state index contributed by atoms with van der Waals surface area (Å²) in [6, 6.07) is 45.5. The fraction of sp³-hybridized carbons (Fsp3) is 0.0488. The second kappa shape index (κ2) is 10.4. The van der Waals surface area contributed by atoms with E-state index in [0.717, 1.165) is 82.9 Å². The number of aryl methyl sites for hydroxylation is 2. The molecule has 0 aliphatic rings. The molecule has 0 fully saturated rings. The summed E-state index contributed by atoms with van der Waals surface area (Å²) in [7, 11) is 3.61. The molecular weight excluding hydrogens is 580 g/mol. The van der Waals surface area contributed by atoms with Gasteiger partial charge in [0.15, 0.2) is 5.82 Å². The van der Waals surface area contributed by atoms with Gasteiger partial charge < -0.3 is 4.42 Å². The average molecular weight is 609 g/mol. The smallest absolute Gasteiger partial charge is 0.328 e. The number of aromatic nitrogens is 4. The molecule has 3 aromatic heterocycles. The Morgan fingerprint density at radius 3 is 2.13 bits per heavy atom. The van der Waals surface area contributed by atoms with Crippen molar-refractivity contribution < 1.29 is 4.42 Å². The van der Waals surface area contributed by atoms with Crippen LogP contribution >= 0.6 is 0 Å². The quantitative estimate of drug-likeness (QED) is 0.200. The van der Waals surface area contributed by atoms with Gasteiger partial charge in [-0.3, -0.25) is 9.13 Å². The molecule has 0 saturated carbocycles. The summed E-state index contributed by atoms with van der Waals surface area (Å²) in [5, 5.41) is 4.34. The van der Waals surface area contributed by atoms with Crippen molar-refractivity contribution in [2.75, 3.05) is 0 Å². The summed E-state index contributed by atoms with van der Waals surface area (Å²) in [6.07, 6.45) is 0. The van der Waals surface area contributed by atoms with Crippen LogP contribution in [0, 0.1) is 0 Å². The zero-order valence-electron chi connectivity index (χ0n) is 25.8. The first-order valence-corrected chi connectivity index (χ1v) is 15.6. The first-order chi connectivity index (χ1) is 23.0. The second-order valence-corrected chi connectivity index (χ2v) is 12.0.